The van der Waals surface area contributed by atoms with E-state index in [0.29, 0.717) is 19.6 Å². The second-order valence-electron chi connectivity index (χ2n) is 2.98. The third-order valence-electron chi connectivity index (χ3n) is 1.99. The summed E-state index contributed by atoms with van der Waals surface area (Å²) in [7, 11) is 1.62. The van der Waals surface area contributed by atoms with Crippen molar-refractivity contribution in [1.29, 1.82) is 0 Å². The molecule has 0 amide bonds. The van der Waals surface area contributed by atoms with E-state index in [9.17, 15) is 0 Å². The summed E-state index contributed by atoms with van der Waals surface area (Å²) in [5.74, 6) is 4.07. The maximum absolute atomic E-state index is 5.60. The van der Waals surface area contributed by atoms with Crippen LogP contribution in [0.25, 0.3) is 0 Å². The number of hydrogen-bond donors (Lipinski definition) is 1. The first-order chi connectivity index (χ1) is 7.31. The SMILES string of the molecule is C#CCCOc1ccc(OC)cc1CN. The molecule has 0 unspecified atom stereocenters. The van der Waals surface area contributed by atoms with Gasteiger partial charge in [-0.3, -0.25) is 0 Å². The summed E-state index contributed by atoms with van der Waals surface area (Å²) in [6.45, 7) is 0.929. The largest absolute Gasteiger partial charge is 0.497 e. The lowest BCUT2D eigenvalue weighted by atomic mass is 10.2. The van der Waals surface area contributed by atoms with Crippen LogP contribution in [0.3, 0.4) is 0 Å². The Morgan fingerprint density at radius 1 is 1.47 bits per heavy atom. The van der Waals surface area contributed by atoms with E-state index in [1.54, 1.807) is 7.11 Å². The average molecular weight is 205 g/mol. The minimum absolute atomic E-state index is 0.419. The Morgan fingerprint density at radius 3 is 2.87 bits per heavy atom. The van der Waals surface area contributed by atoms with Gasteiger partial charge in [0.15, 0.2) is 0 Å². The van der Waals surface area contributed by atoms with E-state index in [4.69, 9.17) is 21.6 Å². The molecule has 80 valence electrons. The third-order valence-corrected chi connectivity index (χ3v) is 1.99. The lowest BCUT2D eigenvalue weighted by Crippen LogP contribution is -2.03. The second kappa shape index (κ2) is 5.94. The molecule has 0 aliphatic carbocycles. The van der Waals surface area contributed by atoms with Crippen molar-refractivity contribution in [1.82, 2.24) is 0 Å². The molecule has 0 radical (unpaired) electrons. The summed E-state index contributed by atoms with van der Waals surface area (Å²) in [4.78, 5) is 0. The standard InChI is InChI=1S/C12H15NO2/c1-3-4-7-15-12-6-5-11(14-2)8-10(12)9-13/h1,5-6,8H,4,7,9,13H2,2H3. The van der Waals surface area contributed by atoms with Gasteiger partial charge in [-0.05, 0) is 18.2 Å². The summed E-state index contributed by atoms with van der Waals surface area (Å²) >= 11 is 0. The highest BCUT2D eigenvalue weighted by atomic mass is 16.5. The molecule has 2 N–H and O–H groups in total. The van der Waals surface area contributed by atoms with Crippen molar-refractivity contribution in [3.05, 3.63) is 23.8 Å². The monoisotopic (exact) mass is 205 g/mol. The van der Waals surface area contributed by atoms with Crippen LogP contribution in [0.5, 0.6) is 11.5 Å². The molecule has 1 aromatic rings. The first kappa shape index (κ1) is 11.4. The smallest absolute Gasteiger partial charge is 0.124 e. The van der Waals surface area contributed by atoms with Crippen molar-refractivity contribution in [2.24, 2.45) is 5.73 Å². The van der Waals surface area contributed by atoms with Crippen molar-refractivity contribution in [2.45, 2.75) is 13.0 Å². The molecule has 0 aliphatic rings. The quantitative estimate of drug-likeness (QED) is 0.586. The van der Waals surface area contributed by atoms with E-state index in [-0.39, 0.29) is 0 Å². The number of nitrogens with two attached hydrogens (primary N) is 1. The van der Waals surface area contributed by atoms with Gasteiger partial charge in [0, 0.05) is 18.5 Å². The fourth-order valence-electron chi connectivity index (χ4n) is 1.20. The Hall–Kier alpha value is -1.66. The van der Waals surface area contributed by atoms with Gasteiger partial charge in [0.05, 0.1) is 13.7 Å². The van der Waals surface area contributed by atoms with Gasteiger partial charge in [-0.1, -0.05) is 0 Å². The molecule has 0 aromatic heterocycles. The number of hydrogen-bond acceptors (Lipinski definition) is 3. The maximum atomic E-state index is 5.60. The highest BCUT2D eigenvalue weighted by Gasteiger charge is 2.03. The van der Waals surface area contributed by atoms with E-state index in [0.717, 1.165) is 17.1 Å². The Kier molecular flexibility index (Phi) is 4.52. The number of rotatable bonds is 5. The van der Waals surface area contributed by atoms with Crippen LogP contribution in [0.15, 0.2) is 18.2 Å². The molecule has 1 aromatic carbocycles. The molecule has 0 heterocycles. The van der Waals surface area contributed by atoms with E-state index in [1.165, 1.54) is 0 Å². The van der Waals surface area contributed by atoms with Gasteiger partial charge in [0.25, 0.3) is 0 Å². The average Bonchev–Trinajstić information content (AvgIpc) is 2.29. The minimum Gasteiger partial charge on any atom is -0.497 e. The van der Waals surface area contributed by atoms with Crippen LogP contribution >= 0.6 is 0 Å². The van der Waals surface area contributed by atoms with E-state index in [2.05, 4.69) is 5.92 Å². The summed E-state index contributed by atoms with van der Waals surface area (Å²) in [6, 6.07) is 5.55. The Bertz CT molecular complexity index is 355. The molecule has 0 aliphatic heterocycles. The van der Waals surface area contributed by atoms with E-state index < -0.39 is 0 Å². The molecule has 0 spiro atoms. The zero-order chi connectivity index (χ0) is 11.1. The second-order valence-corrected chi connectivity index (χ2v) is 2.98. The molecule has 0 saturated heterocycles. The number of terminal acetylenes is 1. The van der Waals surface area contributed by atoms with Gasteiger partial charge in [0.2, 0.25) is 0 Å². The van der Waals surface area contributed by atoms with Crippen molar-refractivity contribution >= 4 is 0 Å². The first-order valence-corrected chi connectivity index (χ1v) is 4.75. The highest BCUT2D eigenvalue weighted by Crippen LogP contribution is 2.23. The van der Waals surface area contributed by atoms with Gasteiger partial charge in [-0.25, -0.2) is 0 Å². The van der Waals surface area contributed by atoms with Crippen LogP contribution in [-0.4, -0.2) is 13.7 Å². The number of benzene rings is 1. The molecule has 1 rings (SSSR count). The Balaban J connectivity index is 2.74. The molecule has 3 heteroatoms. The highest BCUT2D eigenvalue weighted by molar-refractivity contribution is 5.40. The number of ether oxygens (including phenoxy) is 2. The van der Waals surface area contributed by atoms with Crippen molar-refractivity contribution in [2.75, 3.05) is 13.7 Å². The predicted molar refractivity (Wildman–Crippen MR) is 59.8 cm³/mol. The van der Waals surface area contributed by atoms with Gasteiger partial charge >= 0.3 is 0 Å². The van der Waals surface area contributed by atoms with Crippen LogP contribution in [0, 0.1) is 12.3 Å². The molecular weight excluding hydrogens is 190 g/mol. The van der Waals surface area contributed by atoms with Crippen molar-refractivity contribution in [3.63, 3.8) is 0 Å². The first-order valence-electron chi connectivity index (χ1n) is 4.75. The normalized spacial score (nSPS) is 9.40. The van der Waals surface area contributed by atoms with Gasteiger partial charge in [-0.15, -0.1) is 12.3 Å². The molecule has 3 nitrogen and oxygen atoms in total. The van der Waals surface area contributed by atoms with E-state index in [1.807, 2.05) is 18.2 Å². The predicted octanol–water partition coefficient (Wildman–Crippen LogP) is 1.56. The Morgan fingerprint density at radius 2 is 2.27 bits per heavy atom. The maximum Gasteiger partial charge on any atom is 0.124 e. The van der Waals surface area contributed by atoms with Crippen LogP contribution in [-0.2, 0) is 6.54 Å². The summed E-state index contributed by atoms with van der Waals surface area (Å²) in [5, 5.41) is 0. The summed E-state index contributed by atoms with van der Waals surface area (Å²) in [5.41, 5.74) is 6.53. The molecule has 0 fully saturated rings. The van der Waals surface area contributed by atoms with Crippen LogP contribution < -0.4 is 15.2 Å². The van der Waals surface area contributed by atoms with Crippen LogP contribution in [0.4, 0.5) is 0 Å². The topological polar surface area (TPSA) is 44.5 Å². The number of methoxy groups -OCH3 is 1. The van der Waals surface area contributed by atoms with Crippen LogP contribution in [0.2, 0.25) is 0 Å². The summed E-state index contributed by atoms with van der Waals surface area (Å²) < 4.78 is 10.6. The zero-order valence-electron chi connectivity index (χ0n) is 8.82. The van der Waals surface area contributed by atoms with Gasteiger partial charge in [-0.2, -0.15) is 0 Å². The third kappa shape index (κ3) is 3.19. The lowest BCUT2D eigenvalue weighted by molar-refractivity contribution is 0.322. The Labute approximate surface area is 90.2 Å². The van der Waals surface area contributed by atoms with Gasteiger partial charge in [0.1, 0.15) is 11.5 Å². The van der Waals surface area contributed by atoms with E-state index >= 15 is 0 Å². The van der Waals surface area contributed by atoms with Crippen molar-refractivity contribution in [3.8, 4) is 23.8 Å². The zero-order valence-corrected chi connectivity index (χ0v) is 8.82. The molecule has 0 bridgehead atoms. The summed E-state index contributed by atoms with van der Waals surface area (Å²) in [6.07, 6.45) is 5.73. The fourth-order valence-corrected chi connectivity index (χ4v) is 1.20. The van der Waals surface area contributed by atoms with Crippen LogP contribution in [0.1, 0.15) is 12.0 Å². The minimum atomic E-state index is 0.419. The molecule has 0 atom stereocenters. The van der Waals surface area contributed by atoms with Gasteiger partial charge < -0.3 is 15.2 Å². The fraction of sp³-hybridized carbons (Fsp3) is 0.333. The molecule has 0 saturated carbocycles. The van der Waals surface area contributed by atoms with Crippen molar-refractivity contribution < 1.29 is 9.47 Å². The molecular formula is C12H15NO2. The lowest BCUT2D eigenvalue weighted by Gasteiger charge is -2.10. The molecule has 15 heavy (non-hydrogen) atoms.